The van der Waals surface area contributed by atoms with E-state index in [1.165, 1.54) is 6.07 Å². The normalized spacial score (nSPS) is 27.8. The topological polar surface area (TPSA) is 16.8 Å². The summed E-state index contributed by atoms with van der Waals surface area (Å²) in [6.07, 6.45) is -0.902. The highest BCUT2D eigenvalue weighted by molar-refractivity contribution is 5.66. The van der Waals surface area contributed by atoms with Crippen LogP contribution in [0.4, 0.5) is 10.1 Å². The van der Waals surface area contributed by atoms with E-state index in [-0.39, 0.29) is 82.0 Å². The molecule has 0 fully saturated rings. The summed E-state index contributed by atoms with van der Waals surface area (Å²) in [4.78, 5) is 5.97. The highest BCUT2D eigenvalue weighted by Gasteiger charge is 2.48. The molecule has 290 valence electrons. The van der Waals surface area contributed by atoms with E-state index in [4.69, 9.17) is 54.3 Å². The van der Waals surface area contributed by atoms with Crippen LogP contribution in [0.2, 0.25) is 0 Å². The van der Waals surface area contributed by atoms with Crippen molar-refractivity contribution in [3.8, 4) is 0 Å². The minimum absolute atomic E-state index is 0. The molecule has 2 aromatic carbocycles. The largest absolute Gasteiger partial charge is 0.358 e. The van der Waals surface area contributed by atoms with Crippen LogP contribution in [0.25, 0.3) is 4.85 Å². The van der Waals surface area contributed by atoms with E-state index in [1.54, 1.807) is 26.8 Å². The third-order valence-corrected chi connectivity index (χ3v) is 7.12. The second-order valence-electron chi connectivity index (χ2n) is 9.76. The smallest absolute Gasteiger partial charge is 0.193 e. The van der Waals surface area contributed by atoms with Gasteiger partial charge >= 0.3 is 0 Å². The van der Waals surface area contributed by atoms with Gasteiger partial charge in [0, 0.05) is 118 Å². The molecule has 3 atom stereocenters. The van der Waals surface area contributed by atoms with Gasteiger partial charge in [-0.25, -0.2) is 9.24 Å². The molecule has 0 saturated heterocycles. The van der Waals surface area contributed by atoms with Crippen LogP contribution in [0.5, 0.6) is 0 Å². The van der Waals surface area contributed by atoms with Gasteiger partial charge in [-0.3, -0.25) is 0 Å². The number of rotatable bonds is 6. The quantitative estimate of drug-likeness (QED) is 0.314. The Kier molecular flexibility index (Phi) is 3.03. The predicted octanol–water partition coefficient (Wildman–Crippen LogP) is 21.8. The van der Waals surface area contributed by atoms with E-state index in [0.29, 0.717) is 46.0 Å². The Bertz CT molecular complexity index is 1250. The fourth-order valence-electron chi connectivity index (χ4n) is 5.10. The first kappa shape index (κ1) is 10.8. The van der Waals surface area contributed by atoms with Gasteiger partial charge in [0.1, 0.15) is 11.4 Å². The molecule has 0 bridgehead atoms. The second kappa shape index (κ2) is 8.96. The van der Waals surface area contributed by atoms with Gasteiger partial charge in [0.2, 0.25) is 0 Å². The number of hydrogen-bond donors (Lipinski definition) is 0. The summed E-state index contributed by atoms with van der Waals surface area (Å²) in [6, 6.07) is 3.84. The lowest BCUT2D eigenvalue weighted by Crippen LogP contribution is -2.36. The molecule has 3 rings (SSSR count). The molecule has 0 amide bonds. The zero-order chi connectivity index (χ0) is 53.7. The van der Waals surface area contributed by atoms with Crippen molar-refractivity contribution in [3.05, 3.63) is 74.4 Å². The summed E-state index contributed by atoms with van der Waals surface area (Å²) in [5.41, 5.74) is 4.00. The van der Waals surface area contributed by atoms with Crippen molar-refractivity contribution < 1.29 is 118 Å². The predicted molar refractivity (Wildman–Crippen MR) is 255 cm³/mol. The van der Waals surface area contributed by atoms with Crippen molar-refractivity contribution >= 4 is 5.69 Å². The van der Waals surface area contributed by atoms with Gasteiger partial charge in [0.25, 0.3) is 0 Å². The lowest BCUT2D eigenvalue weighted by Gasteiger charge is -2.37. The van der Waals surface area contributed by atoms with E-state index in [9.17, 15) is 5.76 Å². The summed E-state index contributed by atoms with van der Waals surface area (Å²) in [7, 11) is 2.09. The number of halogens is 1. The molecule has 1 heterocycles. The Morgan fingerprint density at radius 2 is 1.94 bits per heavy atom. The Labute approximate surface area is 306 Å². The first-order chi connectivity index (χ1) is 29.7. The van der Waals surface area contributed by atoms with E-state index in [1.807, 2.05) is 13.8 Å². The van der Waals surface area contributed by atoms with Gasteiger partial charge in [-0.2, -0.15) is 0 Å². The van der Waals surface area contributed by atoms with Crippen molar-refractivity contribution in [2.24, 2.45) is 5.92 Å². The molecule has 0 saturated carbocycles. The average Bonchev–Trinajstić information content (AvgIpc) is 1.74. The van der Waals surface area contributed by atoms with Crippen LogP contribution in [0.1, 0.15) is 188 Å². The Hall–Kier alpha value is -2.22. The Morgan fingerprint density at radius 3 is 2.53 bits per heavy atom. The molecule has 1 aliphatic heterocycles. The zero-order valence-corrected chi connectivity index (χ0v) is 20.9. The minimum atomic E-state index is -1.44. The van der Waals surface area contributed by atoms with Crippen molar-refractivity contribution in [1.29, 1.82) is 0 Å². The lowest BCUT2D eigenvalue weighted by atomic mass is 9.75. The minimum Gasteiger partial charge on any atom is -0.358 e. The average molecular weight is 586 g/mol. The molecular formula is C28H155FN2O. The van der Waals surface area contributed by atoms with Crippen LogP contribution in [0.15, 0.2) is 18.2 Å². The van der Waals surface area contributed by atoms with Crippen LogP contribution < -0.4 is 0 Å². The van der Waals surface area contributed by atoms with Gasteiger partial charge in [0.15, 0.2) is 5.69 Å². The highest BCUT2D eigenvalue weighted by Crippen LogP contribution is 2.54. The van der Waals surface area contributed by atoms with E-state index >= 15 is 0 Å². The fourth-order valence-corrected chi connectivity index (χ4v) is 5.10. The van der Waals surface area contributed by atoms with E-state index < -0.39 is 11.7 Å². The van der Waals surface area contributed by atoms with Gasteiger partial charge in [-0.1, -0.05) is 19.0 Å². The summed E-state index contributed by atoms with van der Waals surface area (Å²) < 4.78 is 180. The number of ether oxygens (including phenoxy) is 1. The molecule has 2 aromatic rings. The fraction of sp³-hybridized carbons (Fsp3) is 0.536. The third-order valence-electron chi connectivity index (χ3n) is 7.12. The summed E-state index contributed by atoms with van der Waals surface area (Å²) in [5.74, 6) is -0.114. The van der Waals surface area contributed by atoms with Crippen LogP contribution in [0.3, 0.4) is 0 Å². The molecule has 0 spiro atoms. The molecule has 4 heteroatoms. The second-order valence-corrected chi connectivity index (χ2v) is 9.76. The van der Waals surface area contributed by atoms with Gasteiger partial charge in [0.05, 0.1) is 15.4 Å². The van der Waals surface area contributed by atoms with E-state index in [0.717, 1.165) is 17.7 Å². The molecular weight excluding hydrogens is 399 g/mol. The molecule has 0 aliphatic carbocycles. The number of hydrogen-bond acceptors (Lipinski definition) is 2. The lowest BCUT2D eigenvalue weighted by molar-refractivity contribution is -0.0568. The molecule has 3 nitrogen and oxygen atoms in total. The molecule has 0 N–H and O–H groups in total. The summed E-state index contributed by atoms with van der Waals surface area (Å²) >= 11 is 0. The first-order valence-electron chi connectivity index (χ1n) is 26.4. The third kappa shape index (κ3) is 3.98. The summed E-state index contributed by atoms with van der Waals surface area (Å²) in [5, 5.41) is 0. The van der Waals surface area contributed by atoms with Crippen LogP contribution in [-0.4, -0.2) is 24.5 Å². The van der Waals surface area contributed by atoms with Crippen LogP contribution >= 0.6 is 0 Å². The SMILES string of the molecule is [2H][2H].[2H][2H].[2H][2H].[2H][2H].[2H][2H].[2H][2H].[2H][2H].[2H][2H].[2H][2H].[2H][2H].[2H][2H].[2H][2H].[2H][2H].[2H][2H].[2H]c1c(C)c([N+]#[C-])c(C)c2c1[C@](CC(C)CN(C)C(C)C)(c1ccc(F)c(C)c1C)OC2([2H])C.[HH].[HH].[HH].[HH].[HH].[HH].[HH].[HH].[HH].[HH].[HH].[HH].[HH].[HH].[HH].[HH].[HH].[HH].[HH].[HH].[HH].[HH].[HH].[HH].[HH].[HH].[HH].[HH].[HH].[HH].[HH].[HH].[HH].[HH].[HH].[HH].[HH].[HH].[HH].[HH].[HH].[HH].[HH].[HH].[HH]. The Morgan fingerprint density at radius 1 is 1.28 bits per heavy atom. The maximum Gasteiger partial charge on any atom is 0.193 e. The summed E-state index contributed by atoms with van der Waals surface area (Å²) in [6.45, 7) is 24.0. The molecule has 2 unspecified atom stereocenters. The van der Waals surface area contributed by atoms with E-state index in [2.05, 4.69) is 37.6 Å². The number of nitrogens with zero attached hydrogens (tertiary/aromatic N) is 2. The molecule has 0 aromatic heterocycles. The number of benzene rings is 2. The van der Waals surface area contributed by atoms with Crippen molar-refractivity contribution in [3.63, 3.8) is 0 Å². The molecule has 0 radical (unpaired) electrons. The van der Waals surface area contributed by atoms with Crippen LogP contribution in [0, 0.1) is 46.0 Å². The van der Waals surface area contributed by atoms with Crippen LogP contribution in [-0.2, 0) is 10.3 Å². The van der Waals surface area contributed by atoms with Gasteiger partial charge in [-0.05, 0) is 113 Å². The van der Waals surface area contributed by atoms with Gasteiger partial charge in [-0.15, -0.1) is 0 Å². The van der Waals surface area contributed by atoms with Gasteiger partial charge < -0.3 is 9.64 Å². The highest BCUT2D eigenvalue weighted by atomic mass is 19.1. The number of fused-ring (bicyclic) bond motifs is 1. The molecule has 1 aliphatic rings. The zero-order valence-electron chi connectivity index (χ0n) is 50.9. The maximum atomic E-state index is 14.5. The first-order valence-corrected chi connectivity index (χ1v) is 11.4. The van der Waals surface area contributed by atoms with Crippen molar-refractivity contribution in [2.75, 3.05) is 13.6 Å². The molecule has 32 heavy (non-hydrogen) atoms. The van der Waals surface area contributed by atoms with Crippen molar-refractivity contribution in [1.82, 2.24) is 4.90 Å². The van der Waals surface area contributed by atoms with Crippen molar-refractivity contribution in [2.45, 2.75) is 79.5 Å². The maximum absolute atomic E-state index is 14.5. The standard InChI is InChI=1S/C28H37FN2O.59H2/c1-16(2)31(10)15-17(3)14-28(23-11-12-25(29)20(6)19(23)5)24-13-18(4)27(30-9)21(7)26(24)22(8)32-28;;;;;;;;;;;;;;;;;;;;;;;;;;;;;;;;;;;;;;;;;;;;;;;;;;;;;;;;;;;/h11-13,16-17,22H,14-15H2,1-8,10H3;59*1H/t17?,22?,28-;;;;;;;;;;;;;;;;;;;;;;;;;;;;;;;;;;;;;;;;;;;;;;;;;;;;;;;;;;;/m0.........................................................../s1/i13D,22D;14*1+1D;;;;;;;;;;;;;;;;;;;;;;;;;;;;;;;;;;;;;;;;;;;;;. The monoisotopic (exact) mass is 585 g/mol. The Balaban J connectivity index is -0.00000000570.